The summed E-state index contributed by atoms with van der Waals surface area (Å²) in [6.07, 6.45) is 6.25. The maximum absolute atomic E-state index is 11.7. The topological polar surface area (TPSA) is 69.6 Å². The van der Waals surface area contributed by atoms with Gasteiger partial charge in [-0.25, -0.2) is 8.42 Å². The lowest BCUT2D eigenvalue weighted by molar-refractivity contribution is 0.143. The van der Waals surface area contributed by atoms with E-state index >= 15 is 0 Å². The van der Waals surface area contributed by atoms with E-state index in [1.165, 1.54) is 12.8 Å². The highest BCUT2D eigenvalue weighted by molar-refractivity contribution is 7.91. The summed E-state index contributed by atoms with van der Waals surface area (Å²) in [6, 6.07) is 1.03. The van der Waals surface area contributed by atoms with Crippen molar-refractivity contribution in [3.05, 3.63) is 0 Å². The predicted molar refractivity (Wildman–Crippen MR) is 78.5 cm³/mol. The van der Waals surface area contributed by atoms with Crippen molar-refractivity contribution in [2.75, 3.05) is 31.2 Å². The van der Waals surface area contributed by atoms with Gasteiger partial charge >= 0.3 is 0 Å². The number of nitrogens with zero attached hydrogens (tertiary/aromatic N) is 1. The van der Waals surface area contributed by atoms with E-state index in [1.54, 1.807) is 0 Å². The average Bonchev–Trinajstić information content (AvgIpc) is 3.14. The summed E-state index contributed by atoms with van der Waals surface area (Å²) in [6.45, 7) is 1.75. The molecule has 0 aromatic heterocycles. The van der Waals surface area contributed by atoms with Crippen molar-refractivity contribution in [1.29, 1.82) is 0 Å². The van der Waals surface area contributed by atoms with Crippen LogP contribution in [0.25, 0.3) is 0 Å². The van der Waals surface area contributed by atoms with Crippen molar-refractivity contribution in [3.8, 4) is 0 Å². The van der Waals surface area contributed by atoms with Gasteiger partial charge in [0.15, 0.2) is 9.84 Å². The Morgan fingerprint density at radius 1 is 1.20 bits per heavy atom. The number of rotatable bonds is 4. The highest BCUT2D eigenvalue weighted by Crippen LogP contribution is 2.36. The summed E-state index contributed by atoms with van der Waals surface area (Å²) in [7, 11) is -2.83. The predicted octanol–water partition coefficient (Wildman–Crippen LogP) is 0.143. The third kappa shape index (κ3) is 3.35. The minimum absolute atomic E-state index is 0.114. The molecule has 2 saturated carbocycles. The Labute approximate surface area is 121 Å². The maximum Gasteiger partial charge on any atom is 0.151 e. The summed E-state index contributed by atoms with van der Waals surface area (Å²) in [5, 5.41) is 13.4. The first-order valence-corrected chi connectivity index (χ1v) is 9.67. The van der Waals surface area contributed by atoms with E-state index in [1.807, 2.05) is 0 Å². The first-order valence-electron chi connectivity index (χ1n) is 7.85. The summed E-state index contributed by atoms with van der Waals surface area (Å²) in [5.41, 5.74) is -0.114. The lowest BCUT2D eigenvalue weighted by atomic mass is 9.98. The number of hydrogen-bond acceptors (Lipinski definition) is 5. The third-order valence-electron chi connectivity index (χ3n) is 5.08. The van der Waals surface area contributed by atoms with E-state index in [4.69, 9.17) is 0 Å². The summed E-state index contributed by atoms with van der Waals surface area (Å²) < 4.78 is 23.4. The number of sulfone groups is 1. The Hall–Kier alpha value is -0.170. The molecular formula is C14H26N2O3S. The van der Waals surface area contributed by atoms with Gasteiger partial charge in [-0.1, -0.05) is 0 Å². The highest BCUT2D eigenvalue weighted by atomic mass is 32.2. The Bertz CT molecular complexity index is 449. The van der Waals surface area contributed by atoms with Gasteiger partial charge in [0.25, 0.3) is 0 Å². The minimum Gasteiger partial charge on any atom is -0.394 e. The SMILES string of the molecule is O=S1(=O)CCCN(C2CCC(CO)(NC3CC3)C2)CC1. The van der Waals surface area contributed by atoms with Crippen LogP contribution in [0.15, 0.2) is 0 Å². The summed E-state index contributed by atoms with van der Waals surface area (Å²) in [4.78, 5) is 2.34. The molecule has 2 N–H and O–H groups in total. The molecule has 116 valence electrons. The standard InChI is InChI=1S/C14H26N2O3S/c17-11-14(15-12-2-3-12)5-4-13(10-14)16-6-1-8-20(18,19)9-7-16/h12-13,15,17H,1-11H2. The number of aliphatic hydroxyl groups excluding tert-OH is 1. The largest absolute Gasteiger partial charge is 0.394 e. The van der Waals surface area contributed by atoms with E-state index in [9.17, 15) is 13.5 Å². The minimum atomic E-state index is -2.83. The van der Waals surface area contributed by atoms with Crippen LogP contribution in [0.4, 0.5) is 0 Å². The van der Waals surface area contributed by atoms with E-state index in [2.05, 4.69) is 10.2 Å². The quantitative estimate of drug-likeness (QED) is 0.773. The van der Waals surface area contributed by atoms with Crippen LogP contribution in [0, 0.1) is 0 Å². The lowest BCUT2D eigenvalue weighted by Gasteiger charge is -2.32. The molecule has 3 aliphatic rings. The van der Waals surface area contributed by atoms with E-state index in [0.717, 1.165) is 32.2 Å². The molecule has 0 amide bonds. The van der Waals surface area contributed by atoms with Crippen LogP contribution in [0.2, 0.25) is 0 Å². The van der Waals surface area contributed by atoms with Crippen LogP contribution in [-0.4, -0.2) is 67.2 Å². The lowest BCUT2D eigenvalue weighted by Crippen LogP contribution is -2.49. The van der Waals surface area contributed by atoms with E-state index < -0.39 is 9.84 Å². The molecule has 20 heavy (non-hydrogen) atoms. The molecule has 6 heteroatoms. The zero-order chi connectivity index (χ0) is 14.2. The van der Waals surface area contributed by atoms with Gasteiger partial charge in [-0.2, -0.15) is 0 Å². The second kappa shape index (κ2) is 5.55. The highest BCUT2D eigenvalue weighted by Gasteiger charge is 2.43. The van der Waals surface area contributed by atoms with Gasteiger partial charge in [-0.15, -0.1) is 0 Å². The Balaban J connectivity index is 1.60. The van der Waals surface area contributed by atoms with E-state index in [-0.39, 0.29) is 12.1 Å². The fourth-order valence-electron chi connectivity index (χ4n) is 3.71. The third-order valence-corrected chi connectivity index (χ3v) is 6.79. The van der Waals surface area contributed by atoms with Crippen LogP contribution < -0.4 is 5.32 Å². The number of nitrogens with one attached hydrogen (secondary N) is 1. The molecule has 0 aromatic carbocycles. The molecule has 0 radical (unpaired) electrons. The molecular weight excluding hydrogens is 276 g/mol. The second-order valence-electron chi connectivity index (χ2n) is 6.80. The smallest absolute Gasteiger partial charge is 0.151 e. The van der Waals surface area contributed by atoms with Crippen LogP contribution >= 0.6 is 0 Å². The van der Waals surface area contributed by atoms with Gasteiger partial charge in [-0.3, -0.25) is 4.90 Å². The van der Waals surface area contributed by atoms with Crippen molar-refractivity contribution in [2.24, 2.45) is 0 Å². The molecule has 2 aliphatic carbocycles. The van der Waals surface area contributed by atoms with Crippen LogP contribution in [-0.2, 0) is 9.84 Å². The molecule has 3 rings (SSSR count). The molecule has 1 aliphatic heterocycles. The molecule has 1 saturated heterocycles. The summed E-state index contributed by atoms with van der Waals surface area (Å²) in [5.74, 6) is 0.632. The molecule has 3 fully saturated rings. The second-order valence-corrected chi connectivity index (χ2v) is 9.10. The van der Waals surface area contributed by atoms with Crippen molar-refractivity contribution < 1.29 is 13.5 Å². The van der Waals surface area contributed by atoms with Crippen molar-refractivity contribution in [2.45, 2.75) is 56.1 Å². The van der Waals surface area contributed by atoms with Crippen LogP contribution in [0.3, 0.4) is 0 Å². The first kappa shape index (κ1) is 14.8. The molecule has 5 nitrogen and oxygen atoms in total. The molecule has 2 atom stereocenters. The van der Waals surface area contributed by atoms with Crippen LogP contribution in [0.1, 0.15) is 38.5 Å². The fourth-order valence-corrected chi connectivity index (χ4v) is 5.00. The molecule has 0 aromatic rings. The van der Waals surface area contributed by atoms with Gasteiger partial charge in [0.2, 0.25) is 0 Å². The van der Waals surface area contributed by atoms with Gasteiger partial charge in [-0.05, 0) is 45.1 Å². The van der Waals surface area contributed by atoms with Gasteiger partial charge in [0, 0.05) is 24.2 Å². The van der Waals surface area contributed by atoms with Crippen LogP contribution in [0.5, 0.6) is 0 Å². The van der Waals surface area contributed by atoms with Gasteiger partial charge in [0.05, 0.1) is 18.1 Å². The summed E-state index contributed by atoms with van der Waals surface area (Å²) >= 11 is 0. The van der Waals surface area contributed by atoms with Gasteiger partial charge in [0.1, 0.15) is 0 Å². The number of aliphatic hydroxyl groups is 1. The molecule has 0 spiro atoms. The Morgan fingerprint density at radius 3 is 2.70 bits per heavy atom. The zero-order valence-electron chi connectivity index (χ0n) is 12.1. The molecule has 2 unspecified atom stereocenters. The Morgan fingerprint density at radius 2 is 2.00 bits per heavy atom. The normalized spacial score (nSPS) is 38.8. The van der Waals surface area contributed by atoms with Crippen molar-refractivity contribution in [3.63, 3.8) is 0 Å². The zero-order valence-corrected chi connectivity index (χ0v) is 12.9. The number of hydrogen-bond donors (Lipinski definition) is 2. The molecule has 1 heterocycles. The van der Waals surface area contributed by atoms with E-state index in [0.29, 0.717) is 30.1 Å². The maximum atomic E-state index is 11.7. The van der Waals surface area contributed by atoms with Gasteiger partial charge < -0.3 is 10.4 Å². The average molecular weight is 302 g/mol. The molecule has 0 bridgehead atoms. The Kier molecular flexibility index (Phi) is 4.10. The fraction of sp³-hybridized carbons (Fsp3) is 1.00. The van der Waals surface area contributed by atoms with Crippen molar-refractivity contribution in [1.82, 2.24) is 10.2 Å². The monoisotopic (exact) mass is 302 g/mol. The first-order chi connectivity index (χ1) is 9.52. The van der Waals surface area contributed by atoms with Crippen molar-refractivity contribution >= 4 is 9.84 Å².